The third kappa shape index (κ3) is 2.14. The minimum atomic E-state index is -0.317. The van der Waals surface area contributed by atoms with Crippen LogP contribution in [0.25, 0.3) is 11.1 Å². The molecule has 0 fully saturated rings. The first-order valence-corrected chi connectivity index (χ1v) is 5.71. The van der Waals surface area contributed by atoms with Crippen molar-refractivity contribution in [1.82, 2.24) is 9.97 Å². The van der Waals surface area contributed by atoms with Crippen LogP contribution in [-0.4, -0.2) is 17.1 Å². The first-order valence-electron chi connectivity index (χ1n) is 5.30. The molecule has 0 saturated heterocycles. The van der Waals surface area contributed by atoms with Crippen LogP contribution in [0, 0.1) is 11.7 Å². The molecule has 6 heteroatoms. The van der Waals surface area contributed by atoms with Crippen molar-refractivity contribution in [3.8, 4) is 16.9 Å². The van der Waals surface area contributed by atoms with E-state index in [1.165, 1.54) is 0 Å². The Kier molecular flexibility index (Phi) is 3.20. The smallest absolute Gasteiger partial charge is 0.261 e. The summed E-state index contributed by atoms with van der Waals surface area (Å²) in [6, 6.07) is 5.46. The quantitative estimate of drug-likeness (QED) is 0.723. The maximum absolute atomic E-state index is 11.9. The summed E-state index contributed by atoms with van der Waals surface area (Å²) in [7, 11) is 1.58. The number of aromatic nitrogens is 2. The van der Waals surface area contributed by atoms with E-state index in [4.69, 9.17) is 22.7 Å². The van der Waals surface area contributed by atoms with E-state index in [1.54, 1.807) is 13.2 Å². The van der Waals surface area contributed by atoms with Gasteiger partial charge in [-0.2, -0.15) is 0 Å². The molecule has 0 bridgehead atoms. The number of rotatable bonds is 2. The average Bonchev–Trinajstić information content (AvgIpc) is 2.30. The molecule has 0 spiro atoms. The zero-order chi connectivity index (χ0) is 13.3. The number of hydrogen-bond donors (Lipinski definition) is 3. The van der Waals surface area contributed by atoms with Crippen molar-refractivity contribution in [2.24, 2.45) is 0 Å². The molecule has 1 aromatic carbocycles. The van der Waals surface area contributed by atoms with Gasteiger partial charge in [-0.1, -0.05) is 12.1 Å². The predicted molar refractivity (Wildman–Crippen MR) is 73.4 cm³/mol. The molecule has 1 heterocycles. The van der Waals surface area contributed by atoms with Crippen molar-refractivity contribution in [3.63, 3.8) is 0 Å². The standard InChI is InChI=1S/C12H13N3O2S/c1-6-3-4-7(5-8(6)17-2)9-10(13)14-12(18)15-11(9)16/h3-5H,1-2H3,(H4,13,14,15,16,18). The molecule has 0 radical (unpaired) electrons. The van der Waals surface area contributed by atoms with Gasteiger partial charge in [0, 0.05) is 0 Å². The number of methoxy groups -OCH3 is 1. The summed E-state index contributed by atoms with van der Waals surface area (Å²) in [4.78, 5) is 17.1. The normalized spacial score (nSPS) is 10.3. The van der Waals surface area contributed by atoms with Crippen LogP contribution >= 0.6 is 12.2 Å². The SMILES string of the molecule is COc1cc(-c2c(N)[nH]c(=S)[nH]c2=O)ccc1C. The van der Waals surface area contributed by atoms with Crippen LogP contribution < -0.4 is 16.0 Å². The highest BCUT2D eigenvalue weighted by atomic mass is 32.1. The summed E-state index contributed by atoms with van der Waals surface area (Å²) in [6.45, 7) is 1.93. The van der Waals surface area contributed by atoms with Crippen molar-refractivity contribution < 1.29 is 4.74 Å². The molecular formula is C12H13N3O2S. The van der Waals surface area contributed by atoms with E-state index in [0.29, 0.717) is 16.9 Å². The Bertz CT molecular complexity index is 703. The first kappa shape index (κ1) is 12.4. The summed E-state index contributed by atoms with van der Waals surface area (Å²) in [5, 5.41) is 0. The minimum absolute atomic E-state index is 0.209. The molecule has 0 aliphatic carbocycles. The summed E-state index contributed by atoms with van der Waals surface area (Å²) in [5.74, 6) is 0.948. The molecular weight excluding hydrogens is 250 g/mol. The number of ether oxygens (including phenoxy) is 1. The van der Waals surface area contributed by atoms with Crippen molar-refractivity contribution in [2.45, 2.75) is 6.92 Å². The number of aromatic amines is 2. The number of aryl methyl sites for hydroxylation is 1. The van der Waals surface area contributed by atoms with Crippen molar-refractivity contribution >= 4 is 18.0 Å². The van der Waals surface area contributed by atoms with E-state index in [0.717, 1.165) is 5.56 Å². The Morgan fingerprint density at radius 2 is 2.06 bits per heavy atom. The van der Waals surface area contributed by atoms with Crippen LogP contribution in [0.15, 0.2) is 23.0 Å². The highest BCUT2D eigenvalue weighted by Crippen LogP contribution is 2.26. The lowest BCUT2D eigenvalue weighted by Crippen LogP contribution is -2.14. The van der Waals surface area contributed by atoms with Crippen LogP contribution in [0.1, 0.15) is 5.56 Å². The van der Waals surface area contributed by atoms with E-state index in [9.17, 15) is 4.79 Å². The largest absolute Gasteiger partial charge is 0.496 e. The van der Waals surface area contributed by atoms with E-state index in [2.05, 4.69) is 9.97 Å². The molecule has 1 aromatic heterocycles. The van der Waals surface area contributed by atoms with Gasteiger partial charge >= 0.3 is 0 Å². The van der Waals surface area contributed by atoms with Crippen molar-refractivity contribution in [1.29, 1.82) is 0 Å². The Balaban J connectivity index is 2.70. The molecule has 0 amide bonds. The number of H-pyrrole nitrogens is 2. The zero-order valence-electron chi connectivity index (χ0n) is 10.0. The van der Waals surface area contributed by atoms with Gasteiger partial charge in [0.2, 0.25) is 0 Å². The fourth-order valence-electron chi connectivity index (χ4n) is 1.77. The number of nitrogens with two attached hydrogens (primary N) is 1. The molecule has 5 nitrogen and oxygen atoms in total. The second-order valence-corrected chi connectivity index (χ2v) is 4.29. The number of nitrogens with one attached hydrogen (secondary N) is 2. The van der Waals surface area contributed by atoms with Crippen molar-refractivity contribution in [2.75, 3.05) is 12.8 Å². The number of benzene rings is 1. The molecule has 0 saturated carbocycles. The van der Waals surface area contributed by atoms with Gasteiger partial charge in [-0.05, 0) is 36.3 Å². The summed E-state index contributed by atoms with van der Waals surface area (Å²) < 4.78 is 5.44. The Morgan fingerprint density at radius 1 is 1.33 bits per heavy atom. The average molecular weight is 263 g/mol. The van der Waals surface area contributed by atoms with Gasteiger partial charge in [-0.3, -0.25) is 9.78 Å². The second kappa shape index (κ2) is 4.66. The second-order valence-electron chi connectivity index (χ2n) is 3.88. The summed E-state index contributed by atoms with van der Waals surface area (Å²) in [5.41, 5.74) is 7.52. The summed E-state index contributed by atoms with van der Waals surface area (Å²) in [6.07, 6.45) is 0. The van der Waals surface area contributed by atoms with Crippen LogP contribution in [0.2, 0.25) is 0 Å². The van der Waals surface area contributed by atoms with Gasteiger partial charge in [0.05, 0.1) is 12.7 Å². The van der Waals surface area contributed by atoms with E-state index >= 15 is 0 Å². The first-order chi connectivity index (χ1) is 8.52. The fraction of sp³-hybridized carbons (Fsp3) is 0.167. The molecule has 0 unspecified atom stereocenters. The van der Waals surface area contributed by atoms with E-state index < -0.39 is 0 Å². The van der Waals surface area contributed by atoms with Crippen LogP contribution in [0.5, 0.6) is 5.75 Å². The highest BCUT2D eigenvalue weighted by molar-refractivity contribution is 7.71. The molecule has 94 valence electrons. The molecule has 4 N–H and O–H groups in total. The zero-order valence-corrected chi connectivity index (χ0v) is 10.9. The Morgan fingerprint density at radius 3 is 2.67 bits per heavy atom. The third-order valence-corrected chi connectivity index (χ3v) is 2.87. The molecule has 2 rings (SSSR count). The molecule has 0 atom stereocenters. The van der Waals surface area contributed by atoms with Gasteiger partial charge in [0.15, 0.2) is 4.77 Å². The lowest BCUT2D eigenvalue weighted by Gasteiger charge is -2.08. The molecule has 0 aliphatic heterocycles. The Hall–Kier alpha value is -2.08. The van der Waals surface area contributed by atoms with Gasteiger partial charge in [0.25, 0.3) is 5.56 Å². The maximum atomic E-state index is 11.9. The van der Waals surface area contributed by atoms with E-state index in [-0.39, 0.29) is 16.1 Å². The van der Waals surface area contributed by atoms with Crippen LogP contribution in [-0.2, 0) is 0 Å². The van der Waals surface area contributed by atoms with Crippen molar-refractivity contribution in [3.05, 3.63) is 38.9 Å². The van der Waals surface area contributed by atoms with Gasteiger partial charge in [0.1, 0.15) is 11.6 Å². The minimum Gasteiger partial charge on any atom is -0.496 e. The van der Waals surface area contributed by atoms with Gasteiger partial charge < -0.3 is 15.5 Å². The van der Waals surface area contributed by atoms with Gasteiger partial charge in [-0.25, -0.2) is 0 Å². The van der Waals surface area contributed by atoms with Gasteiger partial charge in [-0.15, -0.1) is 0 Å². The maximum Gasteiger partial charge on any atom is 0.261 e. The van der Waals surface area contributed by atoms with Crippen LogP contribution in [0.4, 0.5) is 5.82 Å². The predicted octanol–water partition coefficient (Wildman–Crippen LogP) is 2.00. The Labute approximate surface area is 109 Å². The summed E-state index contributed by atoms with van der Waals surface area (Å²) >= 11 is 4.85. The fourth-order valence-corrected chi connectivity index (χ4v) is 1.97. The molecule has 2 aromatic rings. The number of hydrogen-bond acceptors (Lipinski definition) is 4. The van der Waals surface area contributed by atoms with Crippen LogP contribution in [0.3, 0.4) is 0 Å². The lowest BCUT2D eigenvalue weighted by molar-refractivity contribution is 0.412. The lowest BCUT2D eigenvalue weighted by atomic mass is 10.1. The number of nitrogen functional groups attached to an aromatic ring is 1. The highest BCUT2D eigenvalue weighted by Gasteiger charge is 2.10. The van der Waals surface area contributed by atoms with E-state index in [1.807, 2.05) is 19.1 Å². The third-order valence-electron chi connectivity index (χ3n) is 2.67. The monoisotopic (exact) mass is 263 g/mol. The molecule has 18 heavy (non-hydrogen) atoms. The number of anilines is 1. The molecule has 0 aliphatic rings. The topological polar surface area (TPSA) is 83.9 Å².